The molecule has 5 rings (SSSR count). The van der Waals surface area contributed by atoms with Gasteiger partial charge in [0.05, 0.1) is 25.1 Å². The van der Waals surface area contributed by atoms with E-state index in [9.17, 15) is 9.90 Å². The largest absolute Gasteiger partial charge is 0.387 e. The van der Waals surface area contributed by atoms with Gasteiger partial charge in [0.1, 0.15) is 0 Å². The fourth-order valence-electron chi connectivity index (χ4n) is 8.92. The topological polar surface area (TPSA) is 64.3 Å². The standard InChI is InChI=1S/C26H40N2O3/c1-24-10-11-26(30,16-31-3)14-18(24)4-5-19-20-6-7-22(25(20,2)9-8-21(19)24)23(29)15-28-13-12-27-17-28/h12-13,17-22,30H,4-11,14-16H2,1-3H3/t18?,19-,20-,21-,22+,24-,25-,26?/m0/s1. The summed E-state index contributed by atoms with van der Waals surface area (Å²) >= 11 is 0. The van der Waals surface area contributed by atoms with Gasteiger partial charge in [-0.1, -0.05) is 13.8 Å². The Morgan fingerprint density at radius 2 is 1.90 bits per heavy atom. The summed E-state index contributed by atoms with van der Waals surface area (Å²) in [6, 6.07) is 0. The molecular weight excluding hydrogens is 388 g/mol. The number of carbonyl (C=O) groups is 1. The highest BCUT2D eigenvalue weighted by atomic mass is 16.5. The number of hydrogen-bond acceptors (Lipinski definition) is 4. The van der Waals surface area contributed by atoms with Crippen LogP contribution >= 0.6 is 0 Å². The molecule has 0 saturated heterocycles. The Kier molecular flexibility index (Phi) is 5.37. The zero-order valence-corrected chi connectivity index (χ0v) is 19.6. The van der Waals surface area contributed by atoms with E-state index in [2.05, 4.69) is 18.8 Å². The van der Waals surface area contributed by atoms with Crippen molar-refractivity contribution in [3.05, 3.63) is 18.7 Å². The van der Waals surface area contributed by atoms with Crippen LogP contribution in [0.5, 0.6) is 0 Å². The average Bonchev–Trinajstić information content (AvgIpc) is 3.35. The molecule has 0 bridgehead atoms. The van der Waals surface area contributed by atoms with Gasteiger partial charge in [-0.2, -0.15) is 0 Å². The number of rotatable bonds is 5. The molecule has 0 amide bonds. The van der Waals surface area contributed by atoms with Crippen molar-refractivity contribution in [2.24, 2.45) is 40.4 Å². The number of carbonyl (C=O) groups excluding carboxylic acids is 1. The van der Waals surface area contributed by atoms with E-state index >= 15 is 0 Å². The van der Waals surface area contributed by atoms with Crippen LogP contribution in [0, 0.1) is 40.4 Å². The molecule has 5 nitrogen and oxygen atoms in total. The van der Waals surface area contributed by atoms with E-state index in [4.69, 9.17) is 4.74 Å². The number of imidazole rings is 1. The van der Waals surface area contributed by atoms with Crippen LogP contribution in [-0.4, -0.2) is 39.8 Å². The lowest BCUT2D eigenvalue weighted by Crippen LogP contribution is -2.56. The normalized spacial score (nSPS) is 46.8. The lowest BCUT2D eigenvalue weighted by atomic mass is 9.44. The van der Waals surface area contributed by atoms with E-state index in [-0.39, 0.29) is 11.3 Å². The molecule has 5 heteroatoms. The predicted molar refractivity (Wildman–Crippen MR) is 119 cm³/mol. The number of aliphatic hydroxyl groups is 1. The maximum atomic E-state index is 13.3. The second-order valence-electron chi connectivity index (χ2n) is 11.9. The molecule has 172 valence electrons. The van der Waals surface area contributed by atoms with E-state index < -0.39 is 5.60 Å². The van der Waals surface area contributed by atoms with E-state index in [1.807, 2.05) is 10.8 Å². The third-order valence-electron chi connectivity index (χ3n) is 10.5. The highest BCUT2D eigenvalue weighted by Gasteiger charge is 2.62. The molecule has 4 fully saturated rings. The van der Waals surface area contributed by atoms with Crippen LogP contribution in [0.2, 0.25) is 0 Å². The van der Waals surface area contributed by atoms with Crippen molar-refractivity contribution in [3.8, 4) is 0 Å². The minimum Gasteiger partial charge on any atom is -0.387 e. The molecule has 1 aromatic rings. The first-order valence-electron chi connectivity index (χ1n) is 12.5. The molecule has 0 aliphatic heterocycles. The highest BCUT2D eigenvalue weighted by molar-refractivity contribution is 5.82. The van der Waals surface area contributed by atoms with Crippen molar-refractivity contribution >= 4 is 5.78 Å². The Bertz CT molecular complexity index is 810. The molecule has 4 aliphatic rings. The van der Waals surface area contributed by atoms with Crippen LogP contribution in [0.25, 0.3) is 0 Å². The van der Waals surface area contributed by atoms with E-state index in [1.165, 1.54) is 32.1 Å². The van der Waals surface area contributed by atoms with Crippen molar-refractivity contribution in [1.82, 2.24) is 9.55 Å². The number of hydrogen-bond donors (Lipinski definition) is 1. The minimum absolute atomic E-state index is 0.160. The molecule has 0 spiro atoms. The predicted octanol–water partition coefficient (Wildman–Crippen LogP) is 4.49. The summed E-state index contributed by atoms with van der Waals surface area (Å²) in [5, 5.41) is 11.0. The average molecular weight is 429 g/mol. The van der Waals surface area contributed by atoms with Gasteiger partial charge in [0.15, 0.2) is 5.78 Å². The van der Waals surface area contributed by atoms with Crippen molar-refractivity contribution in [2.75, 3.05) is 13.7 Å². The molecular formula is C26H40N2O3. The molecule has 4 saturated carbocycles. The number of nitrogens with zero attached hydrogens (tertiary/aromatic N) is 2. The summed E-state index contributed by atoms with van der Waals surface area (Å²) in [6.45, 7) is 5.90. The van der Waals surface area contributed by atoms with Gasteiger partial charge in [0, 0.05) is 25.4 Å². The van der Waals surface area contributed by atoms with Crippen molar-refractivity contribution < 1.29 is 14.6 Å². The summed E-state index contributed by atoms with van der Waals surface area (Å²) in [5.41, 5.74) is -0.135. The first kappa shape index (κ1) is 21.6. The van der Waals surface area contributed by atoms with Gasteiger partial charge in [-0.05, 0) is 92.3 Å². The molecule has 0 radical (unpaired) electrons. The number of aromatic nitrogens is 2. The molecule has 0 aromatic carbocycles. The van der Waals surface area contributed by atoms with Crippen molar-refractivity contribution in [1.29, 1.82) is 0 Å². The fourth-order valence-corrected chi connectivity index (χ4v) is 8.92. The summed E-state index contributed by atoms with van der Waals surface area (Å²) in [4.78, 5) is 17.4. The third kappa shape index (κ3) is 3.42. The maximum absolute atomic E-state index is 13.3. The van der Waals surface area contributed by atoms with Crippen LogP contribution in [0.15, 0.2) is 18.7 Å². The lowest BCUT2D eigenvalue weighted by Gasteiger charge is -2.62. The monoisotopic (exact) mass is 428 g/mol. The SMILES string of the molecule is COCC1(O)CC[C@@]2(C)C(CC[C@H]3[C@@H]4CC[C@H](C(=O)Cn5ccnc5)[C@@]4(C)CC[C@@H]32)C1. The molecule has 1 heterocycles. The van der Waals surface area contributed by atoms with Gasteiger partial charge < -0.3 is 14.4 Å². The molecule has 2 unspecified atom stereocenters. The number of Topliss-reactive ketones (excluding diaryl/α,β-unsaturated/α-hetero) is 1. The third-order valence-corrected chi connectivity index (χ3v) is 10.5. The highest BCUT2D eigenvalue weighted by Crippen LogP contribution is 2.68. The molecule has 8 atom stereocenters. The van der Waals surface area contributed by atoms with Gasteiger partial charge in [-0.15, -0.1) is 0 Å². The zero-order chi connectivity index (χ0) is 21.9. The summed E-state index contributed by atoms with van der Waals surface area (Å²) in [7, 11) is 1.70. The Labute approximate surface area is 187 Å². The maximum Gasteiger partial charge on any atom is 0.156 e. The lowest BCUT2D eigenvalue weighted by molar-refractivity contribution is -0.164. The minimum atomic E-state index is -0.632. The number of methoxy groups -OCH3 is 1. The van der Waals surface area contributed by atoms with Gasteiger partial charge >= 0.3 is 0 Å². The van der Waals surface area contributed by atoms with Crippen LogP contribution < -0.4 is 0 Å². The summed E-state index contributed by atoms with van der Waals surface area (Å²) < 4.78 is 7.29. The second-order valence-corrected chi connectivity index (χ2v) is 11.9. The molecule has 4 aliphatic carbocycles. The van der Waals surface area contributed by atoms with Gasteiger partial charge in [-0.25, -0.2) is 4.98 Å². The zero-order valence-electron chi connectivity index (χ0n) is 19.6. The number of fused-ring (bicyclic) bond motifs is 5. The fraction of sp³-hybridized carbons (Fsp3) is 0.846. The number of ether oxygens (including phenoxy) is 1. The number of ketones is 1. The van der Waals surface area contributed by atoms with Gasteiger partial charge in [0.25, 0.3) is 0 Å². The van der Waals surface area contributed by atoms with Crippen LogP contribution in [0.1, 0.15) is 71.6 Å². The van der Waals surface area contributed by atoms with Crippen LogP contribution in [0.3, 0.4) is 0 Å². The van der Waals surface area contributed by atoms with Gasteiger partial charge in [0.2, 0.25) is 0 Å². The van der Waals surface area contributed by atoms with Crippen LogP contribution in [0.4, 0.5) is 0 Å². The summed E-state index contributed by atoms with van der Waals surface area (Å²) in [5.74, 6) is 3.39. The Morgan fingerprint density at radius 3 is 2.65 bits per heavy atom. The van der Waals surface area contributed by atoms with Crippen molar-refractivity contribution in [3.63, 3.8) is 0 Å². The smallest absolute Gasteiger partial charge is 0.156 e. The second kappa shape index (κ2) is 7.69. The Hall–Kier alpha value is -1.20. The Morgan fingerprint density at radius 1 is 1.10 bits per heavy atom. The molecule has 1 N–H and O–H groups in total. The Balaban J connectivity index is 1.33. The quantitative estimate of drug-likeness (QED) is 0.751. The van der Waals surface area contributed by atoms with E-state index in [0.717, 1.165) is 37.5 Å². The van der Waals surface area contributed by atoms with Gasteiger partial charge in [-0.3, -0.25) is 4.79 Å². The van der Waals surface area contributed by atoms with Crippen LogP contribution in [-0.2, 0) is 16.1 Å². The molecule has 1 aromatic heterocycles. The van der Waals surface area contributed by atoms with E-state index in [1.54, 1.807) is 19.6 Å². The first-order chi connectivity index (χ1) is 14.8. The summed E-state index contributed by atoms with van der Waals surface area (Å²) in [6.07, 6.45) is 15.5. The van der Waals surface area contributed by atoms with Crippen molar-refractivity contribution in [2.45, 2.75) is 83.8 Å². The van der Waals surface area contributed by atoms with E-state index in [0.29, 0.717) is 36.2 Å². The first-order valence-corrected chi connectivity index (χ1v) is 12.5. The molecule has 31 heavy (non-hydrogen) atoms.